The van der Waals surface area contributed by atoms with Gasteiger partial charge in [-0.3, -0.25) is 4.79 Å². The minimum absolute atomic E-state index is 0.00893. The lowest BCUT2D eigenvalue weighted by molar-refractivity contribution is -0.149. The Hall–Kier alpha value is -1.31. The Morgan fingerprint density at radius 3 is 2.59 bits per heavy atom. The summed E-state index contributed by atoms with van der Waals surface area (Å²) in [6, 6.07) is 0. The van der Waals surface area contributed by atoms with Gasteiger partial charge in [-0.2, -0.15) is 0 Å². The summed E-state index contributed by atoms with van der Waals surface area (Å²) in [5.74, 6) is 3.24. The van der Waals surface area contributed by atoms with Crippen LogP contribution in [0, 0.1) is 29.1 Å². The quantitative estimate of drug-likeness (QED) is 0.171. The van der Waals surface area contributed by atoms with Crippen LogP contribution in [0.5, 0.6) is 0 Å². The maximum absolute atomic E-state index is 12.4. The molecule has 5 atom stereocenters. The molecular weight excluding hydrogens is 452 g/mol. The molecule has 0 unspecified atom stereocenters. The molecular formula is C35H58O2. The number of hydrogen-bond donors (Lipinski definition) is 0. The minimum atomic E-state index is 0.00893. The van der Waals surface area contributed by atoms with Crippen LogP contribution in [-0.4, -0.2) is 12.1 Å². The van der Waals surface area contributed by atoms with Gasteiger partial charge < -0.3 is 4.74 Å². The number of unbranched alkanes of at least 4 members (excludes halogenated alkanes) is 4. The zero-order valence-electron chi connectivity index (χ0n) is 25.2. The number of carbonyl (C=O) groups is 1. The van der Waals surface area contributed by atoms with Gasteiger partial charge in [-0.05, 0) is 92.1 Å². The molecule has 3 aliphatic rings. The maximum Gasteiger partial charge on any atom is 0.306 e. The molecule has 1 saturated carbocycles. The van der Waals surface area contributed by atoms with Crippen molar-refractivity contribution >= 4 is 5.97 Å². The Morgan fingerprint density at radius 1 is 1.05 bits per heavy atom. The van der Waals surface area contributed by atoms with E-state index in [2.05, 4.69) is 59.8 Å². The molecule has 3 aliphatic carbocycles. The van der Waals surface area contributed by atoms with E-state index in [4.69, 9.17) is 4.74 Å². The number of rotatable bonds is 14. The van der Waals surface area contributed by atoms with Crippen molar-refractivity contribution in [2.24, 2.45) is 29.1 Å². The molecule has 0 radical (unpaired) electrons. The van der Waals surface area contributed by atoms with Crippen LogP contribution < -0.4 is 0 Å². The Bertz CT molecular complexity index is 815. The number of ether oxygens (including phenoxy) is 1. The summed E-state index contributed by atoms with van der Waals surface area (Å²) in [6.45, 7) is 14.4. The number of fused-ring (bicyclic) bond motifs is 1. The molecule has 3 rings (SSSR count). The molecule has 0 N–H and O–H groups in total. The van der Waals surface area contributed by atoms with Gasteiger partial charge in [0.2, 0.25) is 0 Å². The highest BCUT2D eigenvalue weighted by Crippen LogP contribution is 2.58. The van der Waals surface area contributed by atoms with Crippen LogP contribution >= 0.6 is 0 Å². The van der Waals surface area contributed by atoms with Crippen molar-refractivity contribution in [3.8, 4) is 0 Å². The van der Waals surface area contributed by atoms with Crippen molar-refractivity contribution in [2.75, 3.05) is 0 Å². The number of esters is 1. The molecule has 2 heteroatoms. The van der Waals surface area contributed by atoms with Crippen molar-refractivity contribution in [3.63, 3.8) is 0 Å². The van der Waals surface area contributed by atoms with E-state index in [0.717, 1.165) is 49.9 Å². The van der Waals surface area contributed by atoms with Crippen LogP contribution in [0.4, 0.5) is 0 Å². The average Bonchev–Trinajstić information content (AvgIpc) is 3.21. The molecule has 0 heterocycles. The molecule has 0 spiro atoms. The van der Waals surface area contributed by atoms with Crippen LogP contribution in [0.25, 0.3) is 0 Å². The summed E-state index contributed by atoms with van der Waals surface area (Å²) < 4.78 is 5.92. The average molecular weight is 511 g/mol. The van der Waals surface area contributed by atoms with Gasteiger partial charge in [-0.15, -0.1) is 0 Å². The lowest BCUT2D eigenvalue weighted by atomic mass is 9.62. The Kier molecular flexibility index (Phi) is 12.0. The molecule has 0 amide bonds. The van der Waals surface area contributed by atoms with Crippen LogP contribution in [-0.2, 0) is 9.53 Å². The third-order valence-electron chi connectivity index (χ3n) is 10.1. The van der Waals surface area contributed by atoms with Crippen LogP contribution in [0.15, 0.2) is 34.9 Å². The topological polar surface area (TPSA) is 26.3 Å². The van der Waals surface area contributed by atoms with Crippen LogP contribution in [0.2, 0.25) is 0 Å². The highest BCUT2D eigenvalue weighted by atomic mass is 16.5. The van der Waals surface area contributed by atoms with E-state index < -0.39 is 0 Å². The van der Waals surface area contributed by atoms with E-state index in [1.807, 2.05) is 0 Å². The zero-order valence-corrected chi connectivity index (χ0v) is 25.2. The monoisotopic (exact) mass is 510 g/mol. The molecule has 0 saturated heterocycles. The molecule has 0 aromatic carbocycles. The fraction of sp³-hybridized carbons (Fsp3) is 0.800. The first-order valence-corrected chi connectivity index (χ1v) is 16.0. The summed E-state index contributed by atoms with van der Waals surface area (Å²) in [7, 11) is 0. The highest BCUT2D eigenvalue weighted by Gasteiger charge is 2.49. The minimum Gasteiger partial charge on any atom is -0.462 e. The molecule has 1 fully saturated rings. The molecule has 0 aromatic rings. The number of allylic oxidation sites excluding steroid dienone is 5. The normalized spacial score (nSPS) is 29.1. The Morgan fingerprint density at radius 2 is 1.84 bits per heavy atom. The molecule has 37 heavy (non-hydrogen) atoms. The van der Waals surface area contributed by atoms with E-state index in [1.165, 1.54) is 75.4 Å². The van der Waals surface area contributed by atoms with Crippen molar-refractivity contribution in [2.45, 2.75) is 150 Å². The van der Waals surface area contributed by atoms with Crippen molar-refractivity contribution in [1.82, 2.24) is 0 Å². The predicted molar refractivity (Wildman–Crippen MR) is 158 cm³/mol. The smallest absolute Gasteiger partial charge is 0.306 e. The van der Waals surface area contributed by atoms with Gasteiger partial charge in [0.15, 0.2) is 0 Å². The third-order valence-corrected chi connectivity index (χ3v) is 10.1. The molecule has 0 aliphatic heterocycles. The Balaban J connectivity index is 1.54. The standard InChI is InChI=1S/C35H58O2/c1-7-8-9-10-11-17-34(36)37-31-21-18-27(4)30(25-31)20-19-29-16-13-24-35(6)32(22-23-33(29)35)28(5)15-12-14-26(2)3/h16,19-20,26,28,31-33H,7-15,17-18,21-25H2,1-6H3/t28-,31+,32-,33+,35-/m1/s1. The summed E-state index contributed by atoms with van der Waals surface area (Å²) in [5, 5.41) is 0. The van der Waals surface area contributed by atoms with Crippen LogP contribution in [0.1, 0.15) is 144 Å². The van der Waals surface area contributed by atoms with Gasteiger partial charge in [0.25, 0.3) is 0 Å². The van der Waals surface area contributed by atoms with Crippen molar-refractivity contribution < 1.29 is 9.53 Å². The first-order valence-electron chi connectivity index (χ1n) is 16.0. The second-order valence-corrected chi connectivity index (χ2v) is 13.4. The van der Waals surface area contributed by atoms with Gasteiger partial charge in [-0.25, -0.2) is 0 Å². The lowest BCUT2D eigenvalue weighted by Crippen LogP contribution is -2.35. The molecule has 0 aromatic heterocycles. The fourth-order valence-electron chi connectivity index (χ4n) is 7.72. The summed E-state index contributed by atoms with van der Waals surface area (Å²) >= 11 is 0. The first kappa shape index (κ1) is 30.2. The van der Waals surface area contributed by atoms with Crippen LogP contribution in [0.3, 0.4) is 0 Å². The second-order valence-electron chi connectivity index (χ2n) is 13.4. The van der Waals surface area contributed by atoms with E-state index in [1.54, 1.807) is 5.57 Å². The fourth-order valence-corrected chi connectivity index (χ4v) is 7.72. The highest BCUT2D eigenvalue weighted by molar-refractivity contribution is 5.69. The predicted octanol–water partition coefficient (Wildman–Crippen LogP) is 10.5. The molecule has 2 nitrogen and oxygen atoms in total. The van der Waals surface area contributed by atoms with E-state index >= 15 is 0 Å². The first-order chi connectivity index (χ1) is 17.7. The molecule has 210 valence electrons. The third kappa shape index (κ3) is 8.59. The number of carbonyl (C=O) groups excluding carboxylic acids is 1. The van der Waals surface area contributed by atoms with Crippen molar-refractivity contribution in [3.05, 3.63) is 34.9 Å². The molecule has 0 bridgehead atoms. The van der Waals surface area contributed by atoms with Gasteiger partial charge in [0.1, 0.15) is 6.10 Å². The maximum atomic E-state index is 12.4. The van der Waals surface area contributed by atoms with Gasteiger partial charge in [0, 0.05) is 12.8 Å². The van der Waals surface area contributed by atoms with E-state index in [0.29, 0.717) is 17.8 Å². The Labute approximate surface area is 229 Å². The van der Waals surface area contributed by atoms with Crippen molar-refractivity contribution in [1.29, 1.82) is 0 Å². The van der Waals surface area contributed by atoms with E-state index in [9.17, 15) is 4.79 Å². The summed E-state index contributed by atoms with van der Waals surface area (Å²) in [6.07, 6.45) is 26.2. The van der Waals surface area contributed by atoms with Gasteiger partial charge in [0.05, 0.1) is 0 Å². The zero-order chi connectivity index (χ0) is 26.8. The largest absolute Gasteiger partial charge is 0.462 e. The lowest BCUT2D eigenvalue weighted by Gasteiger charge is -2.43. The SMILES string of the molecule is CCCCCCCC(=O)O[C@H]1CCC(C)=C(C=CC2=CCC[C@]3(C)[C@@H]([C@H](C)CCCC(C)C)CC[C@@H]23)C1. The summed E-state index contributed by atoms with van der Waals surface area (Å²) in [5.41, 5.74) is 4.91. The number of hydrogen-bond acceptors (Lipinski definition) is 2. The van der Waals surface area contributed by atoms with E-state index in [-0.39, 0.29) is 12.1 Å². The second kappa shape index (κ2) is 14.7. The van der Waals surface area contributed by atoms with Gasteiger partial charge >= 0.3 is 5.97 Å². The van der Waals surface area contributed by atoms with Gasteiger partial charge in [-0.1, -0.05) is 103 Å². The summed E-state index contributed by atoms with van der Waals surface area (Å²) in [4.78, 5) is 12.4.